The van der Waals surface area contributed by atoms with Crippen LogP contribution in [0.2, 0.25) is 0 Å². The molecule has 1 aromatic carbocycles. The molecule has 76 valence electrons. The highest BCUT2D eigenvalue weighted by Gasteiger charge is 1.97. The molecule has 0 fully saturated rings. The molecule has 0 aliphatic rings. The van der Waals surface area contributed by atoms with Crippen LogP contribution in [-0.2, 0) is 0 Å². The minimum Gasteiger partial charge on any atom is -0.493 e. The summed E-state index contributed by atoms with van der Waals surface area (Å²) in [5.41, 5.74) is 1.12. The van der Waals surface area contributed by atoms with E-state index >= 15 is 0 Å². The van der Waals surface area contributed by atoms with Crippen molar-refractivity contribution in [3.05, 3.63) is 35.9 Å². The fourth-order valence-corrected chi connectivity index (χ4v) is 1.25. The van der Waals surface area contributed by atoms with Crippen molar-refractivity contribution in [2.75, 3.05) is 12.4 Å². The Morgan fingerprint density at radius 2 is 2.14 bits per heavy atom. The van der Waals surface area contributed by atoms with Crippen LogP contribution in [0.4, 0.5) is 0 Å². The van der Waals surface area contributed by atoms with E-state index in [2.05, 4.69) is 19.6 Å². The van der Waals surface area contributed by atoms with E-state index in [1.165, 1.54) is 0 Å². The largest absolute Gasteiger partial charge is 0.493 e. The predicted molar refractivity (Wildman–Crippen MR) is 65.1 cm³/mol. The molecule has 2 heteroatoms. The van der Waals surface area contributed by atoms with Crippen LogP contribution in [0.5, 0.6) is 5.75 Å². The Balaban J connectivity index is 2.74. The number of hydrogen-bond donors (Lipinski definition) is 1. The van der Waals surface area contributed by atoms with Crippen molar-refractivity contribution in [3.8, 4) is 5.75 Å². The summed E-state index contributed by atoms with van der Waals surface area (Å²) >= 11 is 4.13. The van der Waals surface area contributed by atoms with Gasteiger partial charge in [-0.3, -0.25) is 0 Å². The average molecular weight is 208 g/mol. The minimum atomic E-state index is 0.752. The van der Waals surface area contributed by atoms with Gasteiger partial charge in [0.1, 0.15) is 5.75 Å². The Morgan fingerprint density at radius 3 is 2.86 bits per heavy atom. The Bertz CT molecular complexity index is 294. The zero-order valence-electron chi connectivity index (χ0n) is 8.44. The molecule has 0 aliphatic heterocycles. The highest BCUT2D eigenvalue weighted by Crippen LogP contribution is 2.19. The number of rotatable bonds is 5. The molecule has 0 aliphatic carbocycles. The average Bonchev–Trinajstić information content (AvgIpc) is 2.24. The van der Waals surface area contributed by atoms with Crippen molar-refractivity contribution in [1.82, 2.24) is 0 Å². The highest BCUT2D eigenvalue weighted by molar-refractivity contribution is 7.80. The summed E-state index contributed by atoms with van der Waals surface area (Å²) in [4.78, 5) is 0. The van der Waals surface area contributed by atoms with E-state index in [0.717, 1.165) is 30.1 Å². The summed E-state index contributed by atoms with van der Waals surface area (Å²) in [5, 5.41) is 0. The Kier molecular flexibility index (Phi) is 5.23. The Morgan fingerprint density at radius 1 is 1.36 bits per heavy atom. The lowest BCUT2D eigenvalue weighted by Gasteiger charge is -2.07. The molecule has 0 saturated heterocycles. The number of thiol groups is 1. The number of benzene rings is 1. The molecule has 1 nitrogen and oxygen atoms in total. The quantitative estimate of drug-likeness (QED) is 0.729. The van der Waals surface area contributed by atoms with Crippen LogP contribution in [0.1, 0.15) is 18.9 Å². The number of hydrogen-bond acceptors (Lipinski definition) is 2. The molecule has 0 atom stereocenters. The monoisotopic (exact) mass is 208 g/mol. The van der Waals surface area contributed by atoms with Crippen molar-refractivity contribution in [1.29, 1.82) is 0 Å². The third kappa shape index (κ3) is 3.46. The molecule has 1 aromatic rings. The summed E-state index contributed by atoms with van der Waals surface area (Å²) in [5.74, 6) is 1.70. The van der Waals surface area contributed by atoms with Gasteiger partial charge in [0.2, 0.25) is 0 Å². The van der Waals surface area contributed by atoms with Gasteiger partial charge in [0.15, 0.2) is 0 Å². The second kappa shape index (κ2) is 6.55. The highest BCUT2D eigenvalue weighted by atomic mass is 32.1. The molecule has 0 radical (unpaired) electrons. The maximum Gasteiger partial charge on any atom is 0.126 e. The van der Waals surface area contributed by atoms with Gasteiger partial charge in [-0.15, -0.1) is 0 Å². The second-order valence-electron chi connectivity index (χ2n) is 2.97. The van der Waals surface area contributed by atoms with Gasteiger partial charge in [-0.25, -0.2) is 0 Å². The van der Waals surface area contributed by atoms with Crippen LogP contribution in [0.15, 0.2) is 30.3 Å². The zero-order chi connectivity index (χ0) is 10.2. The summed E-state index contributed by atoms with van der Waals surface area (Å²) in [7, 11) is 0. The molecule has 0 unspecified atom stereocenters. The second-order valence-corrected chi connectivity index (χ2v) is 3.34. The molecular formula is C12H16OS. The molecular weight excluding hydrogens is 192 g/mol. The molecule has 0 bridgehead atoms. The molecule has 0 amide bonds. The van der Waals surface area contributed by atoms with Crippen molar-refractivity contribution >= 4 is 18.7 Å². The topological polar surface area (TPSA) is 9.23 Å². The zero-order valence-corrected chi connectivity index (χ0v) is 9.34. The standard InChI is InChI=1S/C12H16OS/c1-2-9-13-12-8-4-3-6-11(12)7-5-10-14/h3-8,14H,2,9-10H2,1H3/b7-5+. The normalized spacial score (nSPS) is 10.7. The first kappa shape index (κ1) is 11.2. The summed E-state index contributed by atoms with van der Waals surface area (Å²) in [6, 6.07) is 8.04. The molecule has 0 saturated carbocycles. The predicted octanol–water partition coefficient (Wildman–Crippen LogP) is 3.42. The maximum absolute atomic E-state index is 5.61. The number of para-hydroxylation sites is 1. The van der Waals surface area contributed by atoms with Crippen LogP contribution < -0.4 is 4.74 Å². The SMILES string of the molecule is CCCOc1ccccc1/C=C/CS. The third-order valence-corrected chi connectivity index (χ3v) is 1.99. The molecule has 0 heterocycles. The van der Waals surface area contributed by atoms with E-state index < -0.39 is 0 Å². The molecule has 0 spiro atoms. The summed E-state index contributed by atoms with van der Waals surface area (Å²) in [6.07, 6.45) is 5.08. The van der Waals surface area contributed by atoms with E-state index in [4.69, 9.17) is 4.74 Å². The maximum atomic E-state index is 5.61. The van der Waals surface area contributed by atoms with E-state index in [-0.39, 0.29) is 0 Å². The molecule has 1 rings (SSSR count). The van der Waals surface area contributed by atoms with Crippen molar-refractivity contribution < 1.29 is 4.74 Å². The van der Waals surface area contributed by atoms with Crippen LogP contribution >= 0.6 is 12.6 Å². The van der Waals surface area contributed by atoms with Gasteiger partial charge >= 0.3 is 0 Å². The van der Waals surface area contributed by atoms with Gasteiger partial charge in [-0.1, -0.05) is 37.3 Å². The van der Waals surface area contributed by atoms with Gasteiger partial charge in [0, 0.05) is 11.3 Å². The van der Waals surface area contributed by atoms with Gasteiger partial charge in [-0.05, 0) is 12.5 Å². The van der Waals surface area contributed by atoms with Gasteiger partial charge in [0.05, 0.1) is 6.61 Å². The first-order chi connectivity index (χ1) is 6.88. The van der Waals surface area contributed by atoms with Crippen LogP contribution in [0.3, 0.4) is 0 Å². The van der Waals surface area contributed by atoms with E-state index in [9.17, 15) is 0 Å². The molecule has 0 N–H and O–H groups in total. The molecule has 14 heavy (non-hydrogen) atoms. The summed E-state index contributed by atoms with van der Waals surface area (Å²) < 4.78 is 5.61. The van der Waals surface area contributed by atoms with Gasteiger partial charge in [0.25, 0.3) is 0 Å². The van der Waals surface area contributed by atoms with Gasteiger partial charge < -0.3 is 4.74 Å². The van der Waals surface area contributed by atoms with Gasteiger partial charge in [-0.2, -0.15) is 12.6 Å². The Hall–Kier alpha value is -0.890. The van der Waals surface area contributed by atoms with Crippen molar-refractivity contribution in [3.63, 3.8) is 0 Å². The first-order valence-electron chi connectivity index (χ1n) is 4.87. The van der Waals surface area contributed by atoms with Crippen molar-refractivity contribution in [2.45, 2.75) is 13.3 Å². The number of ether oxygens (including phenoxy) is 1. The van der Waals surface area contributed by atoms with E-state index in [0.29, 0.717) is 0 Å². The minimum absolute atomic E-state index is 0.752. The van der Waals surface area contributed by atoms with Crippen LogP contribution in [-0.4, -0.2) is 12.4 Å². The van der Waals surface area contributed by atoms with Crippen molar-refractivity contribution in [2.24, 2.45) is 0 Å². The summed E-state index contributed by atoms with van der Waals surface area (Å²) in [6.45, 7) is 2.87. The Labute approximate surface area is 91.2 Å². The molecule has 0 aromatic heterocycles. The first-order valence-corrected chi connectivity index (χ1v) is 5.51. The fraction of sp³-hybridized carbons (Fsp3) is 0.333. The lowest BCUT2D eigenvalue weighted by molar-refractivity contribution is 0.317. The lowest BCUT2D eigenvalue weighted by atomic mass is 10.2. The smallest absolute Gasteiger partial charge is 0.126 e. The lowest BCUT2D eigenvalue weighted by Crippen LogP contribution is -1.96. The van der Waals surface area contributed by atoms with Crippen LogP contribution in [0.25, 0.3) is 6.08 Å². The third-order valence-electron chi connectivity index (χ3n) is 1.78. The van der Waals surface area contributed by atoms with Crippen LogP contribution in [0, 0.1) is 0 Å². The van der Waals surface area contributed by atoms with E-state index in [1.54, 1.807) is 0 Å². The fourth-order valence-electron chi connectivity index (χ4n) is 1.14. The van der Waals surface area contributed by atoms with E-state index in [1.807, 2.05) is 36.4 Å².